The number of halogens is 3. The van der Waals surface area contributed by atoms with Crippen LogP contribution < -0.4 is 10.8 Å². The third kappa shape index (κ3) is 3.82. The van der Waals surface area contributed by atoms with Gasteiger partial charge < -0.3 is 15.4 Å². The number of nitrogens with one attached hydrogen (secondary N) is 1. The van der Waals surface area contributed by atoms with Gasteiger partial charge >= 0.3 is 7.12 Å². The van der Waals surface area contributed by atoms with Crippen LogP contribution in [0.3, 0.4) is 0 Å². The number of benzene rings is 2. The van der Waals surface area contributed by atoms with Gasteiger partial charge in [0.25, 0.3) is 5.91 Å². The molecule has 0 aliphatic heterocycles. The maximum Gasteiger partial charge on any atom is 0.489 e. The van der Waals surface area contributed by atoms with Crippen LogP contribution >= 0.6 is 27.5 Å². The molecule has 0 aliphatic rings. The topological polar surface area (TPSA) is 69.6 Å². The molecule has 2 aromatic rings. The molecule has 0 unspecified atom stereocenters. The Morgan fingerprint density at radius 2 is 1.95 bits per heavy atom. The quantitative estimate of drug-likeness (QED) is 0.724. The summed E-state index contributed by atoms with van der Waals surface area (Å²) in [4.78, 5) is 12.1. The van der Waals surface area contributed by atoms with Gasteiger partial charge in [-0.05, 0) is 46.3 Å². The minimum absolute atomic E-state index is 0.0656. The van der Waals surface area contributed by atoms with E-state index in [9.17, 15) is 9.18 Å². The van der Waals surface area contributed by atoms with Crippen LogP contribution in [0.2, 0.25) is 5.02 Å². The van der Waals surface area contributed by atoms with Crippen molar-refractivity contribution in [3.63, 3.8) is 0 Å². The molecular weight excluding hydrogens is 363 g/mol. The lowest BCUT2D eigenvalue weighted by Gasteiger charge is -2.09. The lowest BCUT2D eigenvalue weighted by atomic mass is 9.80. The Kier molecular flexibility index (Phi) is 5.00. The number of amides is 1. The van der Waals surface area contributed by atoms with Crippen molar-refractivity contribution in [3.05, 3.63) is 57.3 Å². The molecule has 108 valence electrons. The molecule has 0 aromatic heterocycles. The summed E-state index contributed by atoms with van der Waals surface area (Å²) in [6, 6.07) is 7.95. The van der Waals surface area contributed by atoms with Gasteiger partial charge in [-0.1, -0.05) is 17.7 Å². The van der Waals surface area contributed by atoms with Gasteiger partial charge in [0.1, 0.15) is 5.82 Å². The SMILES string of the molecule is O=C(Nc1ccc(F)cc1Br)c1ccc(B(O)O)c(Cl)c1. The Morgan fingerprint density at radius 1 is 1.24 bits per heavy atom. The van der Waals surface area contributed by atoms with Crippen molar-refractivity contribution in [3.8, 4) is 0 Å². The highest BCUT2D eigenvalue weighted by molar-refractivity contribution is 9.10. The smallest absolute Gasteiger partial charge is 0.423 e. The number of carbonyl (C=O) groups excluding carboxylic acids is 1. The maximum atomic E-state index is 13.0. The summed E-state index contributed by atoms with van der Waals surface area (Å²) in [5.74, 6) is -0.882. The predicted octanol–water partition coefficient (Wildman–Crippen LogP) is 2.17. The van der Waals surface area contributed by atoms with Crippen molar-refractivity contribution in [1.29, 1.82) is 0 Å². The van der Waals surface area contributed by atoms with Crippen LogP contribution in [-0.2, 0) is 0 Å². The van der Waals surface area contributed by atoms with Gasteiger partial charge in [0.2, 0.25) is 0 Å². The molecule has 0 aliphatic carbocycles. The second-order valence-corrected chi connectivity index (χ2v) is 5.45. The molecule has 21 heavy (non-hydrogen) atoms. The van der Waals surface area contributed by atoms with Crippen molar-refractivity contribution in [1.82, 2.24) is 0 Å². The van der Waals surface area contributed by atoms with Crippen LogP contribution in [0, 0.1) is 5.82 Å². The zero-order valence-corrected chi connectivity index (χ0v) is 12.8. The van der Waals surface area contributed by atoms with Crippen molar-refractivity contribution in [2.45, 2.75) is 0 Å². The lowest BCUT2D eigenvalue weighted by molar-refractivity contribution is 0.102. The number of carbonyl (C=O) groups is 1. The second kappa shape index (κ2) is 6.57. The summed E-state index contributed by atoms with van der Waals surface area (Å²) in [6.07, 6.45) is 0. The van der Waals surface area contributed by atoms with Crippen LogP contribution in [0.4, 0.5) is 10.1 Å². The molecular formula is C13H9BBrClFNO3. The van der Waals surface area contributed by atoms with Crippen LogP contribution in [-0.4, -0.2) is 23.1 Å². The van der Waals surface area contributed by atoms with Gasteiger partial charge in [-0.25, -0.2) is 4.39 Å². The van der Waals surface area contributed by atoms with Gasteiger partial charge in [0.05, 0.1) is 5.69 Å². The van der Waals surface area contributed by atoms with Crippen molar-refractivity contribution in [2.24, 2.45) is 0 Å². The van der Waals surface area contributed by atoms with Crippen molar-refractivity contribution < 1.29 is 19.2 Å². The zero-order chi connectivity index (χ0) is 15.6. The van der Waals surface area contributed by atoms with Crippen LogP contribution in [0.15, 0.2) is 40.9 Å². The van der Waals surface area contributed by atoms with Gasteiger partial charge in [-0.15, -0.1) is 0 Å². The Morgan fingerprint density at radius 3 is 2.52 bits per heavy atom. The van der Waals surface area contributed by atoms with Gasteiger partial charge in [-0.2, -0.15) is 0 Å². The van der Waals surface area contributed by atoms with E-state index in [-0.39, 0.29) is 16.0 Å². The molecule has 3 N–H and O–H groups in total. The van der Waals surface area contributed by atoms with E-state index in [0.717, 1.165) is 0 Å². The highest BCUT2D eigenvalue weighted by Gasteiger charge is 2.17. The summed E-state index contributed by atoms with van der Waals surface area (Å²) in [6.45, 7) is 0. The summed E-state index contributed by atoms with van der Waals surface area (Å²) >= 11 is 9.01. The highest BCUT2D eigenvalue weighted by Crippen LogP contribution is 2.23. The summed E-state index contributed by atoms with van der Waals surface area (Å²) in [5, 5.41) is 20.8. The van der Waals surface area contributed by atoms with E-state index in [1.807, 2.05) is 0 Å². The summed E-state index contributed by atoms with van der Waals surface area (Å²) in [7, 11) is -1.71. The molecule has 0 saturated carbocycles. The Labute approximate surface area is 133 Å². The maximum absolute atomic E-state index is 13.0. The van der Waals surface area contributed by atoms with Gasteiger partial charge in [0, 0.05) is 20.5 Å². The van der Waals surface area contributed by atoms with Crippen LogP contribution in [0.25, 0.3) is 0 Å². The number of hydrogen-bond donors (Lipinski definition) is 3. The van der Waals surface area contributed by atoms with Gasteiger partial charge in [-0.3, -0.25) is 4.79 Å². The number of hydrogen-bond acceptors (Lipinski definition) is 3. The molecule has 8 heteroatoms. The minimum Gasteiger partial charge on any atom is -0.423 e. The molecule has 2 aromatic carbocycles. The van der Waals surface area contributed by atoms with E-state index < -0.39 is 18.8 Å². The number of anilines is 1. The molecule has 0 atom stereocenters. The molecule has 4 nitrogen and oxygen atoms in total. The highest BCUT2D eigenvalue weighted by atomic mass is 79.9. The first kappa shape index (κ1) is 16.0. The normalized spacial score (nSPS) is 10.3. The average Bonchev–Trinajstić information content (AvgIpc) is 2.41. The fraction of sp³-hybridized carbons (Fsp3) is 0. The van der Waals surface area contributed by atoms with Crippen LogP contribution in [0.5, 0.6) is 0 Å². The molecule has 0 fully saturated rings. The monoisotopic (exact) mass is 371 g/mol. The standard InChI is InChI=1S/C13H9BBrClFNO3/c15-10-6-8(17)2-4-12(10)18-13(19)7-1-3-9(14(20)21)11(16)5-7/h1-6,20-21H,(H,18,19). The van der Waals surface area contributed by atoms with Crippen molar-refractivity contribution in [2.75, 3.05) is 5.32 Å². The van der Waals surface area contributed by atoms with Crippen molar-refractivity contribution >= 4 is 51.7 Å². The van der Waals surface area contributed by atoms with E-state index in [2.05, 4.69) is 21.2 Å². The van der Waals surface area contributed by atoms with Gasteiger partial charge in [0.15, 0.2) is 0 Å². The first-order valence-corrected chi connectivity index (χ1v) is 6.97. The third-order valence-corrected chi connectivity index (χ3v) is 3.70. The Balaban J connectivity index is 2.22. The largest absolute Gasteiger partial charge is 0.489 e. The molecule has 0 spiro atoms. The summed E-state index contributed by atoms with van der Waals surface area (Å²) in [5.41, 5.74) is 0.751. The van der Waals surface area contributed by atoms with E-state index in [1.165, 1.54) is 36.4 Å². The molecule has 0 heterocycles. The average molecular weight is 372 g/mol. The summed E-state index contributed by atoms with van der Waals surface area (Å²) < 4.78 is 13.4. The first-order valence-electron chi connectivity index (χ1n) is 5.80. The Bertz CT molecular complexity index is 699. The Hall–Kier alpha value is -1.41. The van der Waals surface area contributed by atoms with Crippen LogP contribution in [0.1, 0.15) is 10.4 Å². The van der Waals surface area contributed by atoms with E-state index >= 15 is 0 Å². The fourth-order valence-corrected chi connectivity index (χ4v) is 2.39. The van der Waals surface area contributed by atoms with E-state index in [1.54, 1.807) is 0 Å². The second-order valence-electron chi connectivity index (χ2n) is 4.19. The minimum atomic E-state index is -1.71. The zero-order valence-electron chi connectivity index (χ0n) is 10.5. The predicted molar refractivity (Wildman–Crippen MR) is 83.3 cm³/mol. The molecule has 2 rings (SSSR count). The first-order chi connectivity index (χ1) is 9.88. The lowest BCUT2D eigenvalue weighted by Crippen LogP contribution is -2.31. The molecule has 0 saturated heterocycles. The molecule has 0 radical (unpaired) electrons. The number of rotatable bonds is 3. The fourth-order valence-electron chi connectivity index (χ4n) is 1.66. The van der Waals surface area contributed by atoms with E-state index in [0.29, 0.717) is 10.2 Å². The molecule has 1 amide bonds. The van der Waals surface area contributed by atoms with E-state index in [4.69, 9.17) is 21.6 Å². The third-order valence-electron chi connectivity index (χ3n) is 2.72. The molecule has 0 bridgehead atoms.